The van der Waals surface area contributed by atoms with Gasteiger partial charge in [-0.25, -0.2) is 12.8 Å². The van der Waals surface area contributed by atoms with Crippen LogP contribution < -0.4 is 9.62 Å². The second-order valence-electron chi connectivity index (χ2n) is 7.29. The maximum Gasteiger partial charge on any atom is 0.419 e. The second kappa shape index (κ2) is 8.38. The van der Waals surface area contributed by atoms with Gasteiger partial charge in [0.15, 0.2) is 5.82 Å². The van der Waals surface area contributed by atoms with Crippen LogP contribution in [0.15, 0.2) is 59.5 Å². The number of benzene rings is 2. The molecule has 0 saturated carbocycles. The molecule has 1 saturated heterocycles. The molecule has 0 bridgehead atoms. The van der Waals surface area contributed by atoms with Crippen molar-refractivity contribution in [3.63, 3.8) is 0 Å². The standard InChI is InChI=1S/C21H18F4N4O2S/c22-18-13-16(7-8-17(18)21(23,24)25)32(30,31)28-15-5-3-14(4-6-15)19-9-10-20(27-26-19)29-11-1-2-12-29/h3-10,13,28H,1-2,11-12H2. The van der Waals surface area contributed by atoms with Crippen molar-refractivity contribution < 1.29 is 26.0 Å². The fraction of sp³-hybridized carbons (Fsp3) is 0.238. The quantitative estimate of drug-likeness (QED) is 0.552. The average molecular weight is 466 g/mol. The van der Waals surface area contributed by atoms with Gasteiger partial charge in [0.25, 0.3) is 10.0 Å². The van der Waals surface area contributed by atoms with E-state index < -0.39 is 32.5 Å². The highest BCUT2D eigenvalue weighted by Crippen LogP contribution is 2.32. The van der Waals surface area contributed by atoms with E-state index >= 15 is 0 Å². The van der Waals surface area contributed by atoms with Crippen LogP contribution in [0.3, 0.4) is 0 Å². The highest BCUT2D eigenvalue weighted by atomic mass is 32.2. The Morgan fingerprint density at radius 2 is 1.59 bits per heavy atom. The molecule has 32 heavy (non-hydrogen) atoms. The minimum atomic E-state index is -4.91. The fourth-order valence-corrected chi connectivity index (χ4v) is 4.48. The van der Waals surface area contributed by atoms with E-state index in [2.05, 4.69) is 19.8 Å². The molecule has 0 radical (unpaired) electrons. The number of hydrogen-bond acceptors (Lipinski definition) is 5. The molecule has 1 aliphatic heterocycles. The molecule has 0 atom stereocenters. The molecule has 168 valence electrons. The third-order valence-electron chi connectivity index (χ3n) is 5.07. The summed E-state index contributed by atoms with van der Waals surface area (Å²) in [6.07, 6.45) is -2.66. The maximum absolute atomic E-state index is 13.8. The molecule has 1 fully saturated rings. The Balaban J connectivity index is 1.49. The summed E-state index contributed by atoms with van der Waals surface area (Å²) in [5.41, 5.74) is -0.0606. The molecular formula is C21H18F4N4O2S. The lowest BCUT2D eigenvalue weighted by atomic mass is 10.1. The molecule has 1 N–H and O–H groups in total. The maximum atomic E-state index is 13.8. The molecule has 0 unspecified atom stereocenters. The zero-order valence-corrected chi connectivity index (χ0v) is 17.4. The van der Waals surface area contributed by atoms with Crippen molar-refractivity contribution >= 4 is 21.5 Å². The van der Waals surface area contributed by atoms with E-state index in [4.69, 9.17) is 0 Å². The topological polar surface area (TPSA) is 75.2 Å². The van der Waals surface area contributed by atoms with Gasteiger partial charge in [-0.05, 0) is 55.3 Å². The summed E-state index contributed by atoms with van der Waals surface area (Å²) in [6, 6.07) is 11.4. The first-order chi connectivity index (χ1) is 15.1. The van der Waals surface area contributed by atoms with E-state index in [1.807, 2.05) is 12.1 Å². The van der Waals surface area contributed by atoms with Crippen LogP contribution in [0.5, 0.6) is 0 Å². The molecule has 3 aromatic rings. The molecule has 1 aromatic heterocycles. The molecule has 0 amide bonds. The van der Waals surface area contributed by atoms with Crippen LogP contribution >= 0.6 is 0 Å². The molecule has 11 heteroatoms. The molecule has 0 spiro atoms. The van der Waals surface area contributed by atoms with E-state index in [0.29, 0.717) is 29.5 Å². The first-order valence-electron chi connectivity index (χ1n) is 9.72. The number of sulfonamides is 1. The molecule has 1 aliphatic rings. The van der Waals surface area contributed by atoms with Crippen LogP contribution in [0.4, 0.5) is 29.1 Å². The zero-order valence-electron chi connectivity index (χ0n) is 16.6. The van der Waals surface area contributed by atoms with Crippen LogP contribution in [0, 0.1) is 5.82 Å². The number of halogens is 4. The summed E-state index contributed by atoms with van der Waals surface area (Å²) >= 11 is 0. The van der Waals surface area contributed by atoms with Crippen LogP contribution in [-0.4, -0.2) is 31.7 Å². The van der Waals surface area contributed by atoms with Gasteiger partial charge in [-0.2, -0.15) is 13.2 Å². The monoisotopic (exact) mass is 466 g/mol. The summed E-state index contributed by atoms with van der Waals surface area (Å²) in [5.74, 6) is -0.855. The lowest BCUT2D eigenvalue weighted by Crippen LogP contribution is -2.19. The van der Waals surface area contributed by atoms with Gasteiger partial charge in [0.2, 0.25) is 0 Å². The molecule has 4 rings (SSSR count). The Morgan fingerprint density at radius 3 is 2.16 bits per heavy atom. The van der Waals surface area contributed by atoms with Gasteiger partial charge in [-0.15, -0.1) is 10.2 Å². The van der Waals surface area contributed by atoms with Gasteiger partial charge < -0.3 is 4.90 Å². The Morgan fingerprint density at radius 1 is 0.906 bits per heavy atom. The Kier molecular flexibility index (Phi) is 5.76. The Labute approximate surface area is 182 Å². The van der Waals surface area contributed by atoms with Gasteiger partial charge in [0, 0.05) is 24.3 Å². The van der Waals surface area contributed by atoms with Crippen molar-refractivity contribution in [2.45, 2.75) is 23.9 Å². The summed E-state index contributed by atoms with van der Waals surface area (Å²) in [6.45, 7) is 1.90. The lowest BCUT2D eigenvalue weighted by molar-refractivity contribution is -0.140. The van der Waals surface area contributed by atoms with Gasteiger partial charge in [0.05, 0.1) is 16.2 Å². The van der Waals surface area contributed by atoms with Crippen molar-refractivity contribution in [1.82, 2.24) is 10.2 Å². The first kappa shape index (κ1) is 22.0. The van der Waals surface area contributed by atoms with Crippen molar-refractivity contribution in [1.29, 1.82) is 0 Å². The van der Waals surface area contributed by atoms with Crippen molar-refractivity contribution in [2.75, 3.05) is 22.7 Å². The number of hydrogen-bond donors (Lipinski definition) is 1. The molecule has 6 nitrogen and oxygen atoms in total. The number of aromatic nitrogens is 2. The van der Waals surface area contributed by atoms with Crippen LogP contribution in [0.1, 0.15) is 18.4 Å². The minimum absolute atomic E-state index is 0.163. The van der Waals surface area contributed by atoms with Crippen molar-refractivity contribution in [2.24, 2.45) is 0 Å². The number of rotatable bonds is 5. The SMILES string of the molecule is O=S(=O)(Nc1ccc(-c2ccc(N3CCCC3)nn2)cc1)c1ccc(C(F)(F)F)c(F)c1. The average Bonchev–Trinajstić information content (AvgIpc) is 3.28. The minimum Gasteiger partial charge on any atom is -0.355 e. The predicted octanol–water partition coefficient (Wildman–Crippen LogP) is 4.70. The third kappa shape index (κ3) is 4.67. The normalized spacial score (nSPS) is 14.6. The van der Waals surface area contributed by atoms with Gasteiger partial charge in [0.1, 0.15) is 5.82 Å². The van der Waals surface area contributed by atoms with E-state index in [1.165, 1.54) is 12.1 Å². The van der Waals surface area contributed by atoms with Gasteiger partial charge in [-0.3, -0.25) is 4.72 Å². The zero-order chi connectivity index (χ0) is 22.9. The number of nitrogens with zero attached hydrogens (tertiary/aromatic N) is 3. The molecule has 2 aromatic carbocycles. The number of alkyl halides is 3. The molecule has 2 heterocycles. The third-order valence-corrected chi connectivity index (χ3v) is 6.45. The highest BCUT2D eigenvalue weighted by molar-refractivity contribution is 7.92. The predicted molar refractivity (Wildman–Crippen MR) is 111 cm³/mol. The first-order valence-corrected chi connectivity index (χ1v) is 11.2. The Hall–Kier alpha value is -3.21. The van der Waals surface area contributed by atoms with Gasteiger partial charge in [-0.1, -0.05) is 12.1 Å². The number of nitrogens with one attached hydrogen (secondary N) is 1. The van der Waals surface area contributed by atoms with E-state index in [-0.39, 0.29) is 5.69 Å². The molecule has 0 aliphatic carbocycles. The highest BCUT2D eigenvalue weighted by Gasteiger charge is 2.34. The van der Waals surface area contributed by atoms with Crippen LogP contribution in [0.2, 0.25) is 0 Å². The van der Waals surface area contributed by atoms with E-state index in [1.54, 1.807) is 12.1 Å². The van der Waals surface area contributed by atoms with Crippen molar-refractivity contribution in [3.05, 3.63) is 66.0 Å². The van der Waals surface area contributed by atoms with Crippen molar-refractivity contribution in [3.8, 4) is 11.3 Å². The smallest absolute Gasteiger partial charge is 0.355 e. The lowest BCUT2D eigenvalue weighted by Gasteiger charge is -2.15. The Bertz CT molecular complexity index is 1210. The summed E-state index contributed by atoms with van der Waals surface area (Å²) in [4.78, 5) is 1.54. The fourth-order valence-electron chi connectivity index (χ4n) is 3.41. The molecular weight excluding hydrogens is 448 g/mol. The largest absolute Gasteiger partial charge is 0.419 e. The van der Waals surface area contributed by atoms with E-state index in [0.717, 1.165) is 31.7 Å². The van der Waals surface area contributed by atoms with Gasteiger partial charge >= 0.3 is 6.18 Å². The summed E-state index contributed by atoms with van der Waals surface area (Å²) in [5, 5.41) is 8.46. The van der Waals surface area contributed by atoms with E-state index in [9.17, 15) is 26.0 Å². The van der Waals surface area contributed by atoms with Crippen LogP contribution in [0.25, 0.3) is 11.3 Å². The second-order valence-corrected chi connectivity index (χ2v) is 8.98. The summed E-state index contributed by atoms with van der Waals surface area (Å²) in [7, 11) is -4.28. The number of anilines is 2. The van der Waals surface area contributed by atoms with Crippen LogP contribution in [-0.2, 0) is 16.2 Å². The summed E-state index contributed by atoms with van der Waals surface area (Å²) < 4.78 is 78.9.